The molecule has 1 aliphatic carbocycles. The van der Waals surface area contributed by atoms with E-state index in [2.05, 4.69) is 27.9 Å². The van der Waals surface area contributed by atoms with Crippen LogP contribution in [0.25, 0.3) is 5.57 Å². The molecule has 1 amide bonds. The van der Waals surface area contributed by atoms with Gasteiger partial charge in [0.2, 0.25) is 5.91 Å². The van der Waals surface area contributed by atoms with Gasteiger partial charge in [0.1, 0.15) is 5.75 Å². The van der Waals surface area contributed by atoms with Crippen LogP contribution in [0.1, 0.15) is 24.6 Å². The first-order chi connectivity index (χ1) is 19.1. The van der Waals surface area contributed by atoms with Crippen LogP contribution >= 0.6 is 0 Å². The van der Waals surface area contributed by atoms with Gasteiger partial charge in [0.25, 0.3) is 0 Å². The number of alkyl halides is 3. The molecule has 5 rings (SSSR count). The molecule has 2 aliphatic rings. The van der Waals surface area contributed by atoms with E-state index in [9.17, 15) is 23.2 Å². The van der Waals surface area contributed by atoms with Crippen LogP contribution in [-0.4, -0.2) is 46.4 Å². The number of piperazine rings is 1. The fourth-order valence-electron chi connectivity index (χ4n) is 5.11. The van der Waals surface area contributed by atoms with Gasteiger partial charge < -0.3 is 14.2 Å². The normalized spacial score (nSPS) is 20.1. The lowest BCUT2D eigenvalue weighted by Gasteiger charge is -2.34. The largest absolute Gasteiger partial charge is 0.573 e. The second-order valence-corrected chi connectivity index (χ2v) is 10.2. The Labute approximate surface area is 230 Å². The molecule has 0 radical (unpaired) electrons. The number of nitrogens with zero attached hydrogens (tertiary/aromatic N) is 5. The van der Waals surface area contributed by atoms with Gasteiger partial charge >= 0.3 is 6.36 Å². The molecule has 1 fully saturated rings. The molecule has 40 heavy (non-hydrogen) atoms. The highest BCUT2D eigenvalue weighted by molar-refractivity contribution is 5.95. The molecule has 1 saturated heterocycles. The number of nitriles is 1. The Morgan fingerprint density at radius 3 is 2.62 bits per heavy atom. The number of aromatic nitrogens is 2. The van der Waals surface area contributed by atoms with Crippen molar-refractivity contribution in [2.45, 2.75) is 32.8 Å². The summed E-state index contributed by atoms with van der Waals surface area (Å²) in [5, 5.41) is 9.90. The van der Waals surface area contributed by atoms with E-state index in [1.165, 1.54) is 23.1 Å². The summed E-state index contributed by atoms with van der Waals surface area (Å²) in [6.07, 6.45) is 3.53. The van der Waals surface area contributed by atoms with Gasteiger partial charge in [0, 0.05) is 44.1 Å². The number of halogens is 3. The Balaban J connectivity index is 1.25. The number of allylic oxidation sites excluding steroid dienone is 4. The lowest BCUT2D eigenvalue weighted by atomic mass is 9.73. The molecule has 2 heterocycles. The third-order valence-electron chi connectivity index (χ3n) is 7.23. The van der Waals surface area contributed by atoms with Crippen LogP contribution in [0.15, 0.2) is 84.8 Å². The summed E-state index contributed by atoms with van der Waals surface area (Å²) in [4.78, 5) is 20.8. The minimum atomic E-state index is -4.80. The van der Waals surface area contributed by atoms with E-state index in [-0.39, 0.29) is 18.2 Å². The summed E-state index contributed by atoms with van der Waals surface area (Å²) in [5.41, 5.74) is 3.78. The molecular weight excluding hydrogens is 519 g/mol. The van der Waals surface area contributed by atoms with Crippen molar-refractivity contribution in [1.82, 2.24) is 14.5 Å². The van der Waals surface area contributed by atoms with Gasteiger partial charge in [-0.2, -0.15) is 5.26 Å². The summed E-state index contributed by atoms with van der Waals surface area (Å²) in [7, 11) is 0. The van der Waals surface area contributed by atoms with Crippen LogP contribution in [-0.2, 0) is 17.9 Å². The Morgan fingerprint density at radius 1 is 1.10 bits per heavy atom. The van der Waals surface area contributed by atoms with E-state index in [0.29, 0.717) is 38.3 Å². The van der Waals surface area contributed by atoms with E-state index >= 15 is 0 Å². The Kier molecular flexibility index (Phi) is 7.50. The predicted octanol–water partition coefficient (Wildman–Crippen LogP) is 5.57. The maximum absolute atomic E-state index is 12.9. The zero-order valence-electron chi connectivity index (χ0n) is 21.9. The molecule has 10 heteroatoms. The molecule has 0 spiro atoms. The molecule has 1 aromatic heterocycles. The van der Waals surface area contributed by atoms with Gasteiger partial charge in [-0.3, -0.25) is 9.69 Å². The van der Waals surface area contributed by atoms with E-state index in [0.717, 1.165) is 22.4 Å². The maximum atomic E-state index is 12.9. The van der Waals surface area contributed by atoms with Crippen LogP contribution < -0.4 is 9.64 Å². The second-order valence-electron chi connectivity index (χ2n) is 10.2. The number of hydrogen-bond donors (Lipinski definition) is 0. The van der Waals surface area contributed by atoms with E-state index in [1.54, 1.807) is 18.6 Å². The minimum absolute atomic E-state index is 0.122. The molecule has 2 aromatic carbocycles. The Bertz CT molecular complexity index is 1490. The standard InChI is InChI=1S/C30H28F3N5O2/c1-29(20-34)11-10-22(14-27(29)23-6-3-2-4-7-23)17-37-21-35-16-25(37)18-36-12-13-38(28(39)19-36)24-8-5-9-26(15-24)40-30(31,32)33/h2-10,14-16,21H,11-13,17-19H2,1H3. The summed E-state index contributed by atoms with van der Waals surface area (Å²) in [5.74, 6) is -0.566. The lowest BCUT2D eigenvalue weighted by molar-refractivity contribution is -0.274. The molecule has 0 saturated carbocycles. The van der Waals surface area contributed by atoms with Gasteiger partial charge in [0.15, 0.2) is 0 Å². The molecule has 3 aromatic rings. The van der Waals surface area contributed by atoms with Crippen molar-refractivity contribution in [3.8, 4) is 11.8 Å². The van der Waals surface area contributed by atoms with Crippen LogP contribution in [0.3, 0.4) is 0 Å². The predicted molar refractivity (Wildman–Crippen MR) is 144 cm³/mol. The fourth-order valence-corrected chi connectivity index (χ4v) is 5.11. The van der Waals surface area contributed by atoms with E-state index in [4.69, 9.17) is 0 Å². The smallest absolute Gasteiger partial charge is 0.406 e. The van der Waals surface area contributed by atoms with Crippen LogP contribution in [0.2, 0.25) is 0 Å². The van der Waals surface area contributed by atoms with E-state index in [1.807, 2.05) is 46.7 Å². The third kappa shape index (κ3) is 6.10. The number of rotatable bonds is 7. The van der Waals surface area contributed by atoms with Crippen LogP contribution in [0.4, 0.5) is 18.9 Å². The van der Waals surface area contributed by atoms with Gasteiger partial charge in [-0.15, -0.1) is 13.2 Å². The van der Waals surface area contributed by atoms with Gasteiger partial charge in [-0.25, -0.2) is 4.98 Å². The first kappa shape index (κ1) is 27.2. The number of anilines is 1. The van der Waals surface area contributed by atoms with Crippen molar-refractivity contribution >= 4 is 17.2 Å². The van der Waals surface area contributed by atoms with Crippen molar-refractivity contribution in [1.29, 1.82) is 5.26 Å². The zero-order valence-corrected chi connectivity index (χ0v) is 21.9. The highest BCUT2D eigenvalue weighted by Gasteiger charge is 2.33. The SMILES string of the molecule is CC1(C#N)CC=C(Cn2cncc2CN2CCN(c3cccc(OC(F)(F)F)c3)C(=O)C2)C=C1c1ccccc1. The quantitative estimate of drug-likeness (QED) is 0.387. The third-order valence-corrected chi connectivity index (χ3v) is 7.23. The number of carbonyl (C=O) groups excluding carboxylic acids is 1. The highest BCUT2D eigenvalue weighted by atomic mass is 19.4. The summed E-state index contributed by atoms with van der Waals surface area (Å²) < 4.78 is 43.9. The summed E-state index contributed by atoms with van der Waals surface area (Å²) >= 11 is 0. The van der Waals surface area contributed by atoms with Crippen molar-refractivity contribution in [3.63, 3.8) is 0 Å². The second kappa shape index (κ2) is 11.0. The van der Waals surface area contributed by atoms with Gasteiger partial charge in [-0.1, -0.05) is 48.6 Å². The van der Waals surface area contributed by atoms with Crippen LogP contribution in [0, 0.1) is 16.7 Å². The Morgan fingerprint density at radius 2 is 1.90 bits per heavy atom. The van der Waals surface area contributed by atoms with Crippen molar-refractivity contribution in [2.24, 2.45) is 5.41 Å². The average molecular weight is 548 g/mol. The molecule has 1 aliphatic heterocycles. The van der Waals surface area contributed by atoms with Crippen LogP contribution in [0.5, 0.6) is 5.75 Å². The number of amides is 1. The average Bonchev–Trinajstić information content (AvgIpc) is 3.35. The number of carbonyl (C=O) groups is 1. The molecule has 7 nitrogen and oxygen atoms in total. The summed E-state index contributed by atoms with van der Waals surface area (Å²) in [6.45, 7) is 4.03. The number of hydrogen-bond acceptors (Lipinski definition) is 5. The number of ether oxygens (including phenoxy) is 1. The van der Waals surface area contributed by atoms with Gasteiger partial charge in [0.05, 0.1) is 30.1 Å². The molecule has 206 valence electrons. The minimum Gasteiger partial charge on any atom is -0.406 e. The summed E-state index contributed by atoms with van der Waals surface area (Å²) in [6, 6.07) is 17.9. The molecule has 1 unspecified atom stereocenters. The molecule has 0 bridgehead atoms. The van der Waals surface area contributed by atoms with Crippen molar-refractivity contribution in [3.05, 3.63) is 96.1 Å². The topological polar surface area (TPSA) is 74.4 Å². The molecular formula is C30H28F3N5O2. The number of benzene rings is 2. The monoisotopic (exact) mass is 547 g/mol. The van der Waals surface area contributed by atoms with E-state index < -0.39 is 11.8 Å². The Hall–Kier alpha value is -4.36. The van der Waals surface area contributed by atoms with Crippen molar-refractivity contribution < 1.29 is 22.7 Å². The molecule has 0 N–H and O–H groups in total. The first-order valence-corrected chi connectivity index (χ1v) is 12.9. The molecule has 1 atom stereocenters. The van der Waals surface area contributed by atoms with Gasteiger partial charge in [-0.05, 0) is 42.2 Å². The lowest BCUT2D eigenvalue weighted by Crippen LogP contribution is -2.50. The first-order valence-electron chi connectivity index (χ1n) is 12.9. The fraction of sp³-hybridized carbons (Fsp3) is 0.300. The number of imidazole rings is 1. The highest BCUT2D eigenvalue weighted by Crippen LogP contribution is 2.42. The zero-order chi connectivity index (χ0) is 28.3. The van der Waals surface area contributed by atoms with Crippen molar-refractivity contribution in [2.75, 3.05) is 24.5 Å². The maximum Gasteiger partial charge on any atom is 0.573 e.